The molecule has 2 nitrogen and oxygen atoms in total. The molecule has 0 amide bonds. The Morgan fingerprint density at radius 2 is 1.94 bits per heavy atom. The van der Waals surface area contributed by atoms with Gasteiger partial charge in [-0.1, -0.05) is 44.8 Å². The van der Waals surface area contributed by atoms with Crippen molar-refractivity contribution in [3.8, 4) is 6.07 Å². The van der Waals surface area contributed by atoms with Crippen molar-refractivity contribution in [1.82, 2.24) is 0 Å². The van der Waals surface area contributed by atoms with Crippen LogP contribution in [0, 0.1) is 23.2 Å². The van der Waals surface area contributed by atoms with Gasteiger partial charge in [0.25, 0.3) is 0 Å². The van der Waals surface area contributed by atoms with E-state index in [0.717, 1.165) is 11.6 Å². The number of allylic oxidation sites excluding steroid dienone is 1. The van der Waals surface area contributed by atoms with Gasteiger partial charge >= 0.3 is 0 Å². The van der Waals surface area contributed by atoms with E-state index in [1.165, 1.54) is 0 Å². The van der Waals surface area contributed by atoms with Gasteiger partial charge in [-0.05, 0) is 18.8 Å². The van der Waals surface area contributed by atoms with E-state index in [0.29, 0.717) is 12.3 Å². The van der Waals surface area contributed by atoms with Crippen molar-refractivity contribution >= 4 is 13.9 Å². The first-order chi connectivity index (χ1) is 7.17. The normalized spacial score (nSPS) is 15.0. The van der Waals surface area contributed by atoms with Crippen LogP contribution in [0.1, 0.15) is 20.3 Å². The zero-order valence-electron chi connectivity index (χ0n) is 11.1. The quantitative estimate of drug-likeness (QED) is 0.402. The fourth-order valence-electron chi connectivity index (χ4n) is 2.00. The molecule has 0 aromatic rings. The van der Waals surface area contributed by atoms with Gasteiger partial charge in [-0.3, -0.25) is 4.79 Å². The number of rotatable bonds is 6. The number of carbonyl (C=O) groups is 1. The zero-order chi connectivity index (χ0) is 12.9. The monoisotopic (exact) mass is 237 g/mol. The standard InChI is InChI=1S/C13H23NOSi/c1-10(2)13(9-16(4,5)6)11(3)7-12(15)8-14/h11,13H,1,7,9H2,2-6H3. The third kappa shape index (κ3) is 5.87. The minimum atomic E-state index is -1.16. The summed E-state index contributed by atoms with van der Waals surface area (Å²) in [7, 11) is -1.16. The molecule has 16 heavy (non-hydrogen) atoms. The highest BCUT2D eigenvalue weighted by atomic mass is 28.3. The van der Waals surface area contributed by atoms with E-state index in [1.807, 2.05) is 6.92 Å². The molecule has 0 aliphatic rings. The molecule has 2 atom stereocenters. The predicted octanol–water partition coefficient (Wildman–Crippen LogP) is 3.64. The summed E-state index contributed by atoms with van der Waals surface area (Å²) >= 11 is 0. The Hall–Kier alpha value is -0.883. The summed E-state index contributed by atoms with van der Waals surface area (Å²) in [4.78, 5) is 11.1. The molecule has 0 heterocycles. The lowest BCUT2D eigenvalue weighted by Crippen LogP contribution is -2.28. The smallest absolute Gasteiger partial charge is 0.232 e. The Balaban J connectivity index is 4.61. The van der Waals surface area contributed by atoms with E-state index in [2.05, 4.69) is 33.1 Å². The van der Waals surface area contributed by atoms with Crippen molar-refractivity contribution in [2.24, 2.45) is 11.8 Å². The van der Waals surface area contributed by atoms with Gasteiger partial charge in [0.2, 0.25) is 5.78 Å². The summed E-state index contributed by atoms with van der Waals surface area (Å²) in [6.07, 6.45) is 0.360. The Bertz CT molecular complexity index is 309. The molecular weight excluding hydrogens is 214 g/mol. The topological polar surface area (TPSA) is 40.9 Å². The minimum Gasteiger partial charge on any atom is -0.283 e. The zero-order valence-corrected chi connectivity index (χ0v) is 12.1. The van der Waals surface area contributed by atoms with Gasteiger partial charge in [-0.2, -0.15) is 5.26 Å². The van der Waals surface area contributed by atoms with Crippen LogP contribution < -0.4 is 0 Å². The average Bonchev–Trinajstić information content (AvgIpc) is 2.12. The predicted molar refractivity (Wildman–Crippen MR) is 70.9 cm³/mol. The van der Waals surface area contributed by atoms with Gasteiger partial charge in [-0.25, -0.2) is 0 Å². The number of Topliss-reactive ketones (excluding diaryl/α,β-unsaturated/α-hetero) is 1. The Kier molecular flexibility index (Phi) is 5.67. The molecule has 0 spiro atoms. The van der Waals surface area contributed by atoms with Crippen molar-refractivity contribution in [1.29, 1.82) is 5.26 Å². The van der Waals surface area contributed by atoms with Gasteiger partial charge in [-0.15, -0.1) is 0 Å². The lowest BCUT2D eigenvalue weighted by molar-refractivity contribution is -0.114. The van der Waals surface area contributed by atoms with E-state index in [-0.39, 0.29) is 11.7 Å². The van der Waals surface area contributed by atoms with Crippen LogP contribution in [0.15, 0.2) is 12.2 Å². The minimum absolute atomic E-state index is 0.233. The van der Waals surface area contributed by atoms with E-state index in [4.69, 9.17) is 5.26 Å². The highest BCUT2D eigenvalue weighted by Gasteiger charge is 2.26. The maximum atomic E-state index is 11.1. The fraction of sp³-hybridized carbons (Fsp3) is 0.692. The Labute approximate surface area is 100 Å². The number of nitrogens with zero attached hydrogens (tertiary/aromatic N) is 1. The van der Waals surface area contributed by atoms with Crippen LogP contribution >= 0.6 is 0 Å². The SMILES string of the molecule is C=C(C)C(C[Si](C)(C)C)C(C)CC(=O)C#N. The van der Waals surface area contributed by atoms with Gasteiger partial charge in [0.15, 0.2) is 0 Å². The largest absolute Gasteiger partial charge is 0.283 e. The molecule has 0 aliphatic carbocycles. The average molecular weight is 237 g/mol. The first kappa shape index (κ1) is 15.1. The first-order valence-corrected chi connectivity index (χ1v) is 9.46. The summed E-state index contributed by atoms with van der Waals surface area (Å²) in [5.74, 6) is 0.301. The lowest BCUT2D eigenvalue weighted by Gasteiger charge is -2.29. The molecule has 0 aromatic carbocycles. The van der Waals surface area contributed by atoms with Crippen molar-refractivity contribution in [2.45, 2.75) is 46.0 Å². The van der Waals surface area contributed by atoms with Crippen molar-refractivity contribution in [3.05, 3.63) is 12.2 Å². The second-order valence-electron chi connectivity index (χ2n) is 5.93. The van der Waals surface area contributed by atoms with Crippen LogP contribution in [0.3, 0.4) is 0 Å². The summed E-state index contributed by atoms with van der Waals surface area (Å²) in [5, 5.41) is 8.52. The number of nitriles is 1. The number of carbonyl (C=O) groups excluding carboxylic acids is 1. The van der Waals surface area contributed by atoms with Crippen LogP contribution in [-0.2, 0) is 4.79 Å². The van der Waals surface area contributed by atoms with Gasteiger partial charge in [0.1, 0.15) is 6.07 Å². The molecule has 3 heteroatoms. The van der Waals surface area contributed by atoms with Crippen LogP contribution in [0.4, 0.5) is 0 Å². The summed E-state index contributed by atoms with van der Waals surface area (Å²) in [6, 6.07) is 2.84. The Morgan fingerprint density at radius 1 is 1.44 bits per heavy atom. The van der Waals surface area contributed by atoms with E-state index in [9.17, 15) is 4.79 Å². The van der Waals surface area contributed by atoms with Crippen LogP contribution in [0.5, 0.6) is 0 Å². The van der Waals surface area contributed by atoms with Crippen LogP contribution in [0.2, 0.25) is 25.7 Å². The number of hydrogen-bond acceptors (Lipinski definition) is 2. The van der Waals surface area contributed by atoms with Crippen molar-refractivity contribution in [3.63, 3.8) is 0 Å². The first-order valence-electron chi connectivity index (χ1n) is 5.75. The molecule has 0 saturated carbocycles. The molecule has 0 aliphatic heterocycles. The molecule has 0 saturated heterocycles. The molecule has 0 radical (unpaired) electrons. The summed E-state index contributed by atoms with van der Waals surface area (Å²) in [5.41, 5.74) is 1.14. The molecule has 0 fully saturated rings. The maximum Gasteiger partial charge on any atom is 0.232 e. The second-order valence-corrected chi connectivity index (χ2v) is 11.5. The molecular formula is C13H23NOSi. The molecule has 0 N–H and O–H groups in total. The lowest BCUT2D eigenvalue weighted by atomic mass is 9.86. The van der Waals surface area contributed by atoms with E-state index >= 15 is 0 Å². The third-order valence-electron chi connectivity index (χ3n) is 2.78. The molecule has 90 valence electrons. The molecule has 0 rings (SSSR count). The van der Waals surface area contributed by atoms with Crippen molar-refractivity contribution in [2.75, 3.05) is 0 Å². The molecule has 2 unspecified atom stereocenters. The number of hydrogen-bond donors (Lipinski definition) is 0. The summed E-state index contributed by atoms with van der Waals surface area (Å²) in [6.45, 7) is 15.1. The molecule has 0 aromatic heterocycles. The highest BCUT2D eigenvalue weighted by molar-refractivity contribution is 6.76. The molecule has 0 bridgehead atoms. The van der Waals surface area contributed by atoms with E-state index in [1.54, 1.807) is 6.07 Å². The van der Waals surface area contributed by atoms with Gasteiger partial charge < -0.3 is 0 Å². The van der Waals surface area contributed by atoms with Gasteiger partial charge in [0, 0.05) is 14.5 Å². The maximum absolute atomic E-state index is 11.1. The Morgan fingerprint density at radius 3 is 2.25 bits per heavy atom. The van der Waals surface area contributed by atoms with Crippen LogP contribution in [-0.4, -0.2) is 13.9 Å². The van der Waals surface area contributed by atoms with Crippen molar-refractivity contribution < 1.29 is 4.79 Å². The second kappa shape index (κ2) is 6.00. The summed E-state index contributed by atoms with van der Waals surface area (Å²) < 4.78 is 0. The van der Waals surface area contributed by atoms with Crippen LogP contribution in [0.25, 0.3) is 0 Å². The third-order valence-corrected chi connectivity index (χ3v) is 4.45. The number of ketones is 1. The highest BCUT2D eigenvalue weighted by Crippen LogP contribution is 2.31. The van der Waals surface area contributed by atoms with E-state index < -0.39 is 8.07 Å². The fourth-order valence-corrected chi connectivity index (χ4v) is 4.07. The van der Waals surface area contributed by atoms with Gasteiger partial charge in [0.05, 0.1) is 0 Å².